The molecule has 0 fully saturated rings. The summed E-state index contributed by atoms with van der Waals surface area (Å²) < 4.78 is 26.9. The molecule has 1 heterocycles. The van der Waals surface area contributed by atoms with E-state index in [0.29, 0.717) is 27.5 Å². The molecule has 0 aromatic heterocycles. The second kappa shape index (κ2) is 8.05. The summed E-state index contributed by atoms with van der Waals surface area (Å²) in [7, 11) is -3.84. The van der Waals surface area contributed by atoms with Crippen LogP contribution in [0.2, 0.25) is 10.0 Å². The average Bonchev–Trinajstić information content (AvgIpc) is 3.12. The summed E-state index contributed by atoms with van der Waals surface area (Å²) in [5.41, 5.74) is 0.718. The lowest BCUT2D eigenvalue weighted by atomic mass is 10.2. The highest BCUT2D eigenvalue weighted by molar-refractivity contribution is 8.14. The molecule has 0 N–H and O–H groups in total. The second-order valence-electron chi connectivity index (χ2n) is 5.53. The second-order valence-corrected chi connectivity index (χ2v) is 9.15. The summed E-state index contributed by atoms with van der Waals surface area (Å²) in [6.45, 7) is 0.582. The summed E-state index contributed by atoms with van der Waals surface area (Å²) >= 11 is 13.2. The van der Waals surface area contributed by atoms with Gasteiger partial charge in [0.1, 0.15) is 0 Å². The molecule has 0 unspecified atom stereocenters. The molecule has 0 spiro atoms. The Kier molecular flexibility index (Phi) is 5.95. The molecule has 0 radical (unpaired) electrons. The van der Waals surface area contributed by atoms with Gasteiger partial charge in [-0.2, -0.15) is 0 Å². The molecule has 0 amide bonds. The van der Waals surface area contributed by atoms with Gasteiger partial charge in [-0.25, -0.2) is 12.7 Å². The number of aliphatic imine (C=N–C) groups is 1. The number of hydrogen-bond acceptors (Lipinski definition) is 6. The lowest BCUT2D eigenvalue weighted by Crippen LogP contribution is -2.32. The van der Waals surface area contributed by atoms with Crippen molar-refractivity contribution in [2.75, 3.05) is 13.1 Å². The number of thioether (sulfide) groups is 1. The third-order valence-corrected chi connectivity index (χ3v) is 7.49. The molecule has 27 heavy (non-hydrogen) atoms. The van der Waals surface area contributed by atoms with Gasteiger partial charge in [0.2, 0.25) is 0 Å². The van der Waals surface area contributed by atoms with Gasteiger partial charge in [0.15, 0.2) is 5.17 Å². The molecule has 3 rings (SSSR count). The van der Waals surface area contributed by atoms with Gasteiger partial charge in [0, 0.05) is 17.9 Å². The van der Waals surface area contributed by atoms with Crippen LogP contribution < -0.4 is 0 Å². The number of hydrogen-bond donors (Lipinski definition) is 0. The van der Waals surface area contributed by atoms with Crippen LogP contribution in [0.4, 0.5) is 5.69 Å². The van der Waals surface area contributed by atoms with Crippen LogP contribution in [0, 0.1) is 10.1 Å². The minimum atomic E-state index is -3.84. The van der Waals surface area contributed by atoms with E-state index in [1.807, 2.05) is 6.07 Å². The fraction of sp³-hybridized carbons (Fsp3) is 0.188. The van der Waals surface area contributed by atoms with Crippen LogP contribution in [-0.4, -0.2) is 35.9 Å². The first-order valence-electron chi connectivity index (χ1n) is 7.67. The van der Waals surface area contributed by atoms with Gasteiger partial charge in [-0.3, -0.25) is 15.1 Å². The number of amidine groups is 1. The van der Waals surface area contributed by atoms with E-state index in [1.54, 1.807) is 12.1 Å². The molecule has 0 saturated heterocycles. The van der Waals surface area contributed by atoms with Gasteiger partial charge in [-0.15, -0.1) is 0 Å². The first kappa shape index (κ1) is 19.9. The van der Waals surface area contributed by atoms with Crippen molar-refractivity contribution < 1.29 is 13.3 Å². The maximum absolute atomic E-state index is 12.9. The average molecular weight is 446 g/mol. The summed E-state index contributed by atoms with van der Waals surface area (Å²) in [5, 5.41) is 12.0. The van der Waals surface area contributed by atoms with Gasteiger partial charge in [-0.1, -0.05) is 41.0 Å². The number of sulfonamides is 1. The topological polar surface area (TPSA) is 92.9 Å². The molecule has 0 atom stereocenters. The Morgan fingerprint density at radius 1 is 1.15 bits per heavy atom. The van der Waals surface area contributed by atoms with Crippen LogP contribution in [-0.2, 0) is 15.8 Å². The highest BCUT2D eigenvalue weighted by atomic mass is 35.5. The quantitative estimate of drug-likeness (QED) is 0.507. The van der Waals surface area contributed by atoms with E-state index in [1.165, 1.54) is 40.3 Å². The van der Waals surface area contributed by atoms with Crippen LogP contribution in [0.15, 0.2) is 52.4 Å². The fourth-order valence-electron chi connectivity index (χ4n) is 2.40. The van der Waals surface area contributed by atoms with Crippen molar-refractivity contribution in [2.45, 2.75) is 10.6 Å². The number of rotatable bonds is 5. The smallest absolute Gasteiger partial charge is 0.260 e. The van der Waals surface area contributed by atoms with E-state index in [-0.39, 0.29) is 17.1 Å². The summed E-state index contributed by atoms with van der Waals surface area (Å²) in [4.78, 5) is 14.4. The Hall–Kier alpha value is -1.81. The third-order valence-electron chi connectivity index (χ3n) is 3.75. The normalized spacial score (nSPS) is 14.3. The molecule has 11 heteroatoms. The van der Waals surface area contributed by atoms with Gasteiger partial charge in [0.25, 0.3) is 15.7 Å². The Bertz CT molecular complexity index is 1010. The molecule has 0 bridgehead atoms. The Morgan fingerprint density at radius 2 is 1.85 bits per heavy atom. The van der Waals surface area contributed by atoms with E-state index in [9.17, 15) is 18.5 Å². The molecular weight excluding hydrogens is 433 g/mol. The van der Waals surface area contributed by atoms with E-state index in [0.717, 1.165) is 5.56 Å². The number of nitro benzene ring substituents is 1. The molecule has 0 saturated carbocycles. The summed E-state index contributed by atoms with van der Waals surface area (Å²) in [5.74, 6) is 0.474. The SMILES string of the molecule is O=[N+]([O-])c1ccc(S(=O)(=O)N2CCN=C2SCc2ccc(Cl)c(Cl)c2)cc1. The molecule has 2 aromatic carbocycles. The van der Waals surface area contributed by atoms with Gasteiger partial charge < -0.3 is 0 Å². The molecule has 1 aliphatic heterocycles. The van der Waals surface area contributed by atoms with Crippen LogP contribution in [0.5, 0.6) is 0 Å². The zero-order chi connectivity index (χ0) is 19.6. The predicted octanol–water partition coefficient (Wildman–Crippen LogP) is 4.20. The van der Waals surface area contributed by atoms with Crippen molar-refractivity contribution in [3.63, 3.8) is 0 Å². The van der Waals surface area contributed by atoms with Crippen molar-refractivity contribution in [1.29, 1.82) is 0 Å². The lowest BCUT2D eigenvalue weighted by Gasteiger charge is -2.19. The summed E-state index contributed by atoms with van der Waals surface area (Å²) in [6, 6.07) is 10.0. The maximum Gasteiger partial charge on any atom is 0.269 e. The third kappa shape index (κ3) is 4.37. The summed E-state index contributed by atoms with van der Waals surface area (Å²) in [6.07, 6.45) is 0. The molecular formula is C16H13Cl2N3O4S2. The first-order chi connectivity index (χ1) is 12.8. The number of benzene rings is 2. The zero-order valence-corrected chi connectivity index (χ0v) is 16.9. The number of halogens is 2. The first-order valence-corrected chi connectivity index (χ1v) is 10.9. The highest BCUT2D eigenvalue weighted by Crippen LogP contribution is 2.29. The monoisotopic (exact) mass is 445 g/mol. The number of nitro groups is 1. The van der Waals surface area contributed by atoms with Crippen LogP contribution in [0.1, 0.15) is 5.56 Å². The van der Waals surface area contributed by atoms with Crippen molar-refractivity contribution >= 4 is 55.8 Å². The largest absolute Gasteiger partial charge is 0.269 e. The molecule has 2 aromatic rings. The van der Waals surface area contributed by atoms with Gasteiger partial charge >= 0.3 is 0 Å². The zero-order valence-electron chi connectivity index (χ0n) is 13.7. The van der Waals surface area contributed by atoms with E-state index < -0.39 is 14.9 Å². The molecule has 0 aliphatic carbocycles. The van der Waals surface area contributed by atoms with E-state index in [4.69, 9.17) is 23.2 Å². The Labute approximate surface area is 170 Å². The maximum atomic E-state index is 12.9. The molecule has 142 valence electrons. The number of nitrogens with zero attached hydrogens (tertiary/aromatic N) is 3. The molecule has 1 aliphatic rings. The van der Waals surface area contributed by atoms with Crippen LogP contribution >= 0.6 is 35.0 Å². The minimum Gasteiger partial charge on any atom is -0.260 e. The van der Waals surface area contributed by atoms with E-state index in [2.05, 4.69) is 4.99 Å². The Balaban J connectivity index is 1.76. The van der Waals surface area contributed by atoms with Gasteiger partial charge in [-0.05, 0) is 29.8 Å². The molecule has 7 nitrogen and oxygen atoms in total. The van der Waals surface area contributed by atoms with Crippen molar-refractivity contribution in [2.24, 2.45) is 4.99 Å². The predicted molar refractivity (Wildman–Crippen MR) is 107 cm³/mol. The van der Waals surface area contributed by atoms with E-state index >= 15 is 0 Å². The van der Waals surface area contributed by atoms with Crippen LogP contribution in [0.25, 0.3) is 0 Å². The van der Waals surface area contributed by atoms with Crippen molar-refractivity contribution in [3.8, 4) is 0 Å². The lowest BCUT2D eigenvalue weighted by molar-refractivity contribution is -0.384. The van der Waals surface area contributed by atoms with Crippen LogP contribution in [0.3, 0.4) is 0 Å². The van der Waals surface area contributed by atoms with Gasteiger partial charge in [0.05, 0.1) is 33.0 Å². The standard InChI is InChI=1S/C16H13Cl2N3O4S2/c17-14-6-1-11(9-15(14)18)10-26-16-19-7-8-20(16)27(24,25)13-4-2-12(3-5-13)21(22)23/h1-6,9H,7-8,10H2. The Morgan fingerprint density at radius 3 is 2.48 bits per heavy atom. The fourth-order valence-corrected chi connectivity index (χ4v) is 5.38. The van der Waals surface area contributed by atoms with Crippen molar-refractivity contribution in [3.05, 3.63) is 68.2 Å². The van der Waals surface area contributed by atoms with Crippen molar-refractivity contribution in [1.82, 2.24) is 4.31 Å². The minimum absolute atomic E-state index is 0.0159. The highest BCUT2D eigenvalue weighted by Gasteiger charge is 2.31. The number of non-ortho nitro benzene ring substituents is 1.